The molecular weight excluding hydrogens is 311 g/mol. The first-order valence-electron chi connectivity index (χ1n) is 6.47. The van der Waals surface area contributed by atoms with Gasteiger partial charge in [-0.25, -0.2) is 4.39 Å². The highest BCUT2D eigenvalue weighted by atomic mass is 79.9. The lowest BCUT2D eigenvalue weighted by Crippen LogP contribution is -2.29. The summed E-state index contributed by atoms with van der Waals surface area (Å²) in [5, 5.41) is 0.837. The Morgan fingerprint density at radius 1 is 1.37 bits per heavy atom. The van der Waals surface area contributed by atoms with Gasteiger partial charge in [0.15, 0.2) is 5.78 Å². The molecule has 0 aliphatic carbocycles. The van der Waals surface area contributed by atoms with E-state index >= 15 is 0 Å². The molecule has 19 heavy (non-hydrogen) atoms. The van der Waals surface area contributed by atoms with Crippen LogP contribution in [0, 0.1) is 11.2 Å². The molecule has 0 amide bonds. The fourth-order valence-electron chi connectivity index (χ4n) is 1.82. The van der Waals surface area contributed by atoms with Gasteiger partial charge in [0.25, 0.3) is 0 Å². The second-order valence-electron chi connectivity index (χ2n) is 4.83. The number of hydrogen-bond donors (Lipinski definition) is 0. The third-order valence-electron chi connectivity index (χ3n) is 3.64. The minimum absolute atomic E-state index is 0.0441. The molecule has 1 aromatic rings. The number of benzene rings is 1. The van der Waals surface area contributed by atoms with Crippen molar-refractivity contribution in [3.63, 3.8) is 0 Å². The van der Waals surface area contributed by atoms with Crippen LogP contribution >= 0.6 is 15.9 Å². The molecule has 0 saturated heterocycles. The number of carbonyl (C=O) groups excluding carboxylic acids is 1. The molecule has 0 aromatic heterocycles. The van der Waals surface area contributed by atoms with Crippen LogP contribution in [0.4, 0.5) is 4.39 Å². The van der Waals surface area contributed by atoms with Crippen LogP contribution in [-0.4, -0.2) is 17.7 Å². The largest absolute Gasteiger partial charge is 0.492 e. The van der Waals surface area contributed by atoms with E-state index in [1.807, 2.05) is 0 Å². The minimum Gasteiger partial charge on any atom is -0.492 e. The molecule has 4 heteroatoms. The Bertz CT molecular complexity index is 434. The van der Waals surface area contributed by atoms with Gasteiger partial charge in [-0.3, -0.25) is 4.79 Å². The van der Waals surface area contributed by atoms with Crippen LogP contribution in [0.25, 0.3) is 0 Å². The number of hydrogen-bond acceptors (Lipinski definition) is 2. The molecule has 1 rings (SSSR count). The molecule has 106 valence electrons. The van der Waals surface area contributed by atoms with Gasteiger partial charge in [0.1, 0.15) is 11.6 Å². The molecule has 0 heterocycles. The van der Waals surface area contributed by atoms with Crippen molar-refractivity contribution in [2.45, 2.75) is 33.6 Å². The van der Waals surface area contributed by atoms with Crippen molar-refractivity contribution in [2.75, 3.05) is 11.9 Å². The number of Topliss-reactive ketones (excluding diaryl/α,β-unsaturated/α-hetero) is 1. The maximum absolute atomic E-state index is 13.2. The number of ether oxygens (including phenoxy) is 1. The fraction of sp³-hybridized carbons (Fsp3) is 0.533. The summed E-state index contributed by atoms with van der Waals surface area (Å²) < 4.78 is 18.9. The maximum atomic E-state index is 13.2. The van der Waals surface area contributed by atoms with E-state index in [9.17, 15) is 9.18 Å². The summed E-state index contributed by atoms with van der Waals surface area (Å²) in [5.41, 5.74) is 0.346. The molecule has 1 aromatic carbocycles. The molecule has 0 fully saturated rings. The number of ketones is 1. The van der Waals surface area contributed by atoms with Crippen LogP contribution in [-0.2, 0) is 0 Å². The Balaban J connectivity index is 2.91. The molecule has 0 unspecified atom stereocenters. The number of alkyl halides is 1. The number of carbonyl (C=O) groups is 1. The van der Waals surface area contributed by atoms with Gasteiger partial charge in [-0.15, -0.1) is 0 Å². The van der Waals surface area contributed by atoms with E-state index < -0.39 is 5.82 Å². The fourth-order valence-corrected chi connectivity index (χ4v) is 2.77. The van der Waals surface area contributed by atoms with Crippen LogP contribution in [0.1, 0.15) is 44.0 Å². The van der Waals surface area contributed by atoms with Gasteiger partial charge in [-0.1, -0.05) is 29.8 Å². The predicted molar refractivity (Wildman–Crippen MR) is 78.7 cm³/mol. The van der Waals surface area contributed by atoms with Crippen molar-refractivity contribution in [3.8, 4) is 5.75 Å². The molecule has 0 radical (unpaired) electrons. The van der Waals surface area contributed by atoms with Crippen LogP contribution in [0.15, 0.2) is 18.2 Å². The zero-order chi connectivity index (χ0) is 14.5. The molecule has 0 spiro atoms. The van der Waals surface area contributed by atoms with E-state index in [1.54, 1.807) is 0 Å². The molecule has 0 N–H and O–H groups in total. The Morgan fingerprint density at radius 2 is 2.00 bits per heavy atom. The number of rotatable bonds is 7. The van der Waals surface area contributed by atoms with E-state index in [2.05, 4.69) is 29.8 Å². The van der Waals surface area contributed by atoms with Crippen molar-refractivity contribution in [1.82, 2.24) is 0 Å². The molecule has 2 nitrogen and oxygen atoms in total. The lowest BCUT2D eigenvalue weighted by molar-refractivity contribution is 0.100. The monoisotopic (exact) mass is 330 g/mol. The van der Waals surface area contributed by atoms with E-state index in [0.29, 0.717) is 17.9 Å². The Kier molecular flexibility index (Phi) is 5.98. The summed E-state index contributed by atoms with van der Waals surface area (Å²) in [7, 11) is 0. The van der Waals surface area contributed by atoms with Gasteiger partial charge in [-0.05, 0) is 38.0 Å². The van der Waals surface area contributed by atoms with Crippen molar-refractivity contribution >= 4 is 21.7 Å². The van der Waals surface area contributed by atoms with Gasteiger partial charge in [-0.2, -0.15) is 0 Å². The maximum Gasteiger partial charge on any atom is 0.163 e. The lowest BCUT2D eigenvalue weighted by atomic mass is 9.86. The normalized spacial score (nSPS) is 11.4. The van der Waals surface area contributed by atoms with Gasteiger partial charge in [0, 0.05) is 10.7 Å². The smallest absolute Gasteiger partial charge is 0.163 e. The van der Waals surface area contributed by atoms with Gasteiger partial charge in [0.2, 0.25) is 0 Å². The summed E-state index contributed by atoms with van der Waals surface area (Å²) in [6.07, 6.45) is 1.96. The Hall–Kier alpha value is -0.900. The Labute approximate surface area is 122 Å². The standard InChI is InChI=1S/C15H20BrFO2/c1-4-15(5-2,9-16)10-19-14-7-6-12(17)8-13(14)11(3)18/h6-8H,4-5,9-10H2,1-3H3. The van der Waals surface area contributed by atoms with Crippen molar-refractivity contribution in [2.24, 2.45) is 5.41 Å². The summed E-state index contributed by atoms with van der Waals surface area (Å²) >= 11 is 3.52. The first kappa shape index (κ1) is 16.2. The number of halogens is 2. The van der Waals surface area contributed by atoms with Gasteiger partial charge in [0.05, 0.1) is 12.2 Å². The molecule has 0 bridgehead atoms. The van der Waals surface area contributed by atoms with Crippen molar-refractivity contribution < 1.29 is 13.9 Å². The van der Waals surface area contributed by atoms with E-state index in [0.717, 1.165) is 18.2 Å². The molecular formula is C15H20BrFO2. The summed E-state index contributed by atoms with van der Waals surface area (Å²) in [4.78, 5) is 11.5. The first-order chi connectivity index (χ1) is 8.98. The second-order valence-corrected chi connectivity index (χ2v) is 5.39. The summed E-state index contributed by atoms with van der Waals surface area (Å²) in [6.45, 7) is 6.16. The van der Waals surface area contributed by atoms with E-state index in [-0.39, 0.29) is 11.2 Å². The van der Waals surface area contributed by atoms with Crippen LogP contribution in [0.3, 0.4) is 0 Å². The zero-order valence-corrected chi connectivity index (χ0v) is 13.2. The molecule has 0 saturated carbocycles. The van der Waals surface area contributed by atoms with Crippen LogP contribution in [0.5, 0.6) is 5.75 Å². The summed E-state index contributed by atoms with van der Waals surface area (Å²) in [6, 6.07) is 4.07. The lowest BCUT2D eigenvalue weighted by Gasteiger charge is -2.29. The van der Waals surface area contributed by atoms with E-state index in [1.165, 1.54) is 25.1 Å². The van der Waals surface area contributed by atoms with Gasteiger partial charge >= 0.3 is 0 Å². The van der Waals surface area contributed by atoms with Crippen LogP contribution in [0.2, 0.25) is 0 Å². The zero-order valence-electron chi connectivity index (χ0n) is 11.6. The average molecular weight is 331 g/mol. The molecule has 0 aliphatic rings. The van der Waals surface area contributed by atoms with Crippen molar-refractivity contribution in [3.05, 3.63) is 29.6 Å². The molecule has 0 aliphatic heterocycles. The van der Waals surface area contributed by atoms with E-state index in [4.69, 9.17) is 4.74 Å². The predicted octanol–water partition coefficient (Wildman–Crippen LogP) is 4.61. The molecule has 0 atom stereocenters. The third-order valence-corrected chi connectivity index (χ3v) is 4.83. The highest BCUT2D eigenvalue weighted by Gasteiger charge is 2.26. The SMILES string of the molecule is CCC(CC)(CBr)COc1ccc(F)cc1C(C)=O. The van der Waals surface area contributed by atoms with Crippen molar-refractivity contribution in [1.29, 1.82) is 0 Å². The van der Waals surface area contributed by atoms with Crippen LogP contribution < -0.4 is 4.74 Å². The topological polar surface area (TPSA) is 26.3 Å². The second kappa shape index (κ2) is 7.04. The highest BCUT2D eigenvalue weighted by Crippen LogP contribution is 2.31. The van der Waals surface area contributed by atoms with Gasteiger partial charge < -0.3 is 4.74 Å². The third kappa shape index (κ3) is 4.03. The minimum atomic E-state index is -0.421. The Morgan fingerprint density at radius 3 is 2.47 bits per heavy atom. The highest BCUT2D eigenvalue weighted by molar-refractivity contribution is 9.09. The first-order valence-corrected chi connectivity index (χ1v) is 7.59. The average Bonchev–Trinajstić information content (AvgIpc) is 2.42. The summed E-state index contributed by atoms with van der Waals surface area (Å²) in [5.74, 6) is -0.150. The quantitative estimate of drug-likeness (QED) is 0.539.